The molecule has 4 aromatic carbocycles. The largest absolute Gasteiger partial charge is 0.493 e. The van der Waals surface area contributed by atoms with Crippen molar-refractivity contribution in [3.8, 4) is 17.2 Å². The molecule has 0 fully saturated rings. The highest BCUT2D eigenvalue weighted by Gasteiger charge is 2.38. The number of halogens is 1. The van der Waals surface area contributed by atoms with Crippen molar-refractivity contribution in [2.75, 3.05) is 130 Å². The Morgan fingerprint density at radius 3 is 2.05 bits per heavy atom. The minimum Gasteiger partial charge on any atom is -0.493 e. The van der Waals surface area contributed by atoms with Crippen LogP contribution in [0, 0.1) is 12.8 Å². The molecule has 32 nitrogen and oxygen atoms in total. The number of aryl methyl sites for hydroxylation is 2. The van der Waals surface area contributed by atoms with Crippen molar-refractivity contribution in [2.45, 2.75) is 90.2 Å². The molecule has 1 aliphatic heterocycles. The fraction of sp³-hybridized carbons (Fsp3) is 0.465. The van der Waals surface area contributed by atoms with E-state index in [9.17, 15) is 51.3 Å². The number of hydrogen-bond donors (Lipinski definition) is 11. The number of para-hydroxylation sites is 1. The summed E-state index contributed by atoms with van der Waals surface area (Å²) in [6, 6.07) is 19.1. The quantitative estimate of drug-likeness (QED) is 0.00796. The van der Waals surface area contributed by atoms with Crippen molar-refractivity contribution < 1.29 is 89.2 Å². The molecule has 1 unspecified atom stereocenters. The predicted octanol–water partition coefficient (Wildman–Crippen LogP) is 4.89. The van der Waals surface area contributed by atoms with Gasteiger partial charge in [-0.3, -0.25) is 38.7 Å². The van der Waals surface area contributed by atoms with Crippen molar-refractivity contribution in [2.24, 2.45) is 11.7 Å². The first-order valence-electron chi connectivity index (χ1n) is 34.2. The molecule has 570 valence electrons. The number of methoxy groups -OCH3 is 3. The SMILES string of the molecule is CNN(C)Cc1cc2ccccc2n1CCC(=O)N[C@@H](CS(=O)(=O)O)C(=O)NCCOCCOCCOCCOCCC(=O)NC(C(=O)N[C@@H](CCCNC(N)=O)C(=O)Nc1ccc(COc2cc3c(c4cc(C(=O)OC)[nH]c24)[C@H](CCl)CN3C(=O)c2cc3cc(C)c(OC)c(OC)c3[nH]2)cc1)C(C)C. The number of benzene rings is 4. The average Bonchev–Trinajstić information content (AvgIpc) is 1.60. The lowest BCUT2D eigenvalue weighted by atomic mass is 9.98. The maximum absolute atomic E-state index is 14.6. The zero-order valence-corrected chi connectivity index (χ0v) is 61.6. The number of H-pyrrole nitrogens is 2. The topological polar surface area (TPSA) is 418 Å². The molecule has 8 amide bonds. The Morgan fingerprint density at radius 1 is 0.733 bits per heavy atom. The maximum Gasteiger partial charge on any atom is 0.354 e. The van der Waals surface area contributed by atoms with E-state index in [1.807, 2.05) is 59.9 Å². The van der Waals surface area contributed by atoms with Crippen molar-refractivity contribution in [1.82, 2.24) is 51.6 Å². The average molecular weight is 1500 g/mol. The number of anilines is 2. The van der Waals surface area contributed by atoms with Gasteiger partial charge >= 0.3 is 12.0 Å². The van der Waals surface area contributed by atoms with Crippen molar-refractivity contribution >= 4 is 113 Å². The van der Waals surface area contributed by atoms with Crippen LogP contribution in [0.5, 0.6) is 17.2 Å². The number of alkyl halides is 1. The van der Waals surface area contributed by atoms with Crippen LogP contribution in [0.3, 0.4) is 0 Å². The number of ether oxygens (including phenoxy) is 8. The molecular formula is C71H94ClN13O19S. The molecule has 4 atom stereocenters. The zero-order chi connectivity index (χ0) is 75.9. The summed E-state index contributed by atoms with van der Waals surface area (Å²) >= 11 is 6.61. The maximum atomic E-state index is 14.6. The number of nitrogens with one attached hydrogen (secondary N) is 9. The van der Waals surface area contributed by atoms with Gasteiger partial charge in [0.2, 0.25) is 29.5 Å². The molecule has 12 N–H and O–H groups in total. The van der Waals surface area contributed by atoms with Gasteiger partial charge in [0, 0.05) is 91.6 Å². The number of hydrogen-bond acceptors (Lipinski definition) is 20. The number of carbonyl (C=O) groups is 8. The number of aromatic nitrogens is 3. The fourth-order valence-corrected chi connectivity index (χ4v) is 13.0. The van der Waals surface area contributed by atoms with Crippen LogP contribution in [0.2, 0.25) is 0 Å². The molecule has 34 heteroatoms. The van der Waals surface area contributed by atoms with Crippen LogP contribution in [-0.2, 0) is 77.5 Å². The standard InChI is InChI=1S/C71H94ClN13O19S/c1-42(2)61(82-59(87)20-24-100-26-28-102-30-31-103-29-27-101-25-22-75-66(88)54(41-105(94,95)96)78-58(86)19-23-84-49(39-83(5)74-4)33-45-12-9-10-14-55(45)84)68(90)81-51(13-11-21-76-71(73)93)67(89)77-48-17-15-44(16-18-48)40-104-57-36-56-60(50-35-53(70(92)99-8)80-63(50)57)47(37-72)38-85(56)69(91)52-34-46-32-43(3)64(97-6)65(98-7)62(46)79-52/h9-10,12,14-18,32-36,42,47,51,54,61,74,79-80H,11,13,19-31,37-41H2,1-8H3,(H,75,88)(H,77,89)(H,78,86)(H,81,90)(H,82,87)(H3,73,76,93)(H,94,95,96)/t47-,51+,54+,61?/m1/s1. The van der Waals surface area contributed by atoms with Gasteiger partial charge in [-0.1, -0.05) is 44.2 Å². The van der Waals surface area contributed by atoms with Crippen molar-refractivity contribution in [3.05, 3.63) is 113 Å². The highest BCUT2D eigenvalue weighted by molar-refractivity contribution is 7.85. The van der Waals surface area contributed by atoms with Gasteiger partial charge in [-0.2, -0.15) is 8.42 Å². The number of hydrazine groups is 1. The molecular weight excluding hydrogens is 1410 g/mol. The van der Waals surface area contributed by atoms with Crippen molar-refractivity contribution in [1.29, 1.82) is 0 Å². The van der Waals surface area contributed by atoms with E-state index in [2.05, 4.69) is 47.3 Å². The molecule has 1 aliphatic rings. The summed E-state index contributed by atoms with van der Waals surface area (Å²) in [5.41, 5.74) is 14.9. The number of urea groups is 1. The Kier molecular flexibility index (Phi) is 30.1. The third kappa shape index (κ3) is 22.5. The van der Waals surface area contributed by atoms with E-state index in [0.717, 1.165) is 33.1 Å². The van der Waals surface area contributed by atoms with Gasteiger partial charge in [0.05, 0.1) is 97.4 Å². The molecule has 0 aliphatic carbocycles. The molecule has 7 aromatic rings. The number of fused-ring (bicyclic) bond motifs is 5. The summed E-state index contributed by atoms with van der Waals surface area (Å²) < 4.78 is 80.2. The first-order valence-corrected chi connectivity index (χ1v) is 36.3. The molecule has 3 aromatic heterocycles. The highest BCUT2D eigenvalue weighted by atomic mass is 35.5. The Bertz CT molecular complexity index is 4300. The second-order valence-corrected chi connectivity index (χ2v) is 27.0. The number of esters is 1. The zero-order valence-electron chi connectivity index (χ0n) is 60.0. The van der Waals surface area contributed by atoms with Crippen molar-refractivity contribution in [3.63, 3.8) is 0 Å². The van der Waals surface area contributed by atoms with Crippen LogP contribution < -0.4 is 62.2 Å². The minimum atomic E-state index is -4.65. The molecule has 0 radical (unpaired) electrons. The Hall–Kier alpha value is -9.58. The second kappa shape index (κ2) is 39.0. The number of amides is 8. The minimum absolute atomic E-state index is 0.00181. The fourth-order valence-electron chi connectivity index (χ4n) is 12.1. The number of aromatic amines is 2. The van der Waals surface area contributed by atoms with E-state index < -0.39 is 81.5 Å². The summed E-state index contributed by atoms with van der Waals surface area (Å²) in [4.78, 5) is 114. The van der Waals surface area contributed by atoms with Crippen LogP contribution in [0.1, 0.15) is 88.8 Å². The van der Waals surface area contributed by atoms with Gasteiger partial charge in [0.15, 0.2) is 11.5 Å². The van der Waals surface area contributed by atoms with Gasteiger partial charge in [-0.25, -0.2) is 14.6 Å². The molecule has 105 heavy (non-hydrogen) atoms. The lowest BCUT2D eigenvalue weighted by Crippen LogP contribution is -2.54. The van der Waals surface area contributed by atoms with Gasteiger partial charge in [0.25, 0.3) is 16.0 Å². The second-order valence-electron chi connectivity index (χ2n) is 25.2. The number of primary amides is 1. The number of nitrogens with two attached hydrogens (primary N) is 1. The van der Waals surface area contributed by atoms with E-state index >= 15 is 0 Å². The molecule has 0 saturated heterocycles. The summed E-state index contributed by atoms with van der Waals surface area (Å²) in [6.07, 6.45) is 0.171. The van der Waals surface area contributed by atoms with Crippen LogP contribution >= 0.6 is 11.6 Å². The Balaban J connectivity index is 0.747. The van der Waals surface area contributed by atoms with Crippen LogP contribution in [0.15, 0.2) is 78.9 Å². The molecule has 0 bridgehead atoms. The van der Waals surface area contributed by atoms with E-state index in [1.165, 1.54) is 14.2 Å². The number of nitrogens with zero attached hydrogens (tertiary/aromatic N) is 3. The summed E-state index contributed by atoms with van der Waals surface area (Å²) in [6.45, 7) is 7.64. The summed E-state index contributed by atoms with van der Waals surface area (Å²) in [7, 11) is 3.37. The molecule has 0 spiro atoms. The van der Waals surface area contributed by atoms with E-state index in [0.29, 0.717) is 62.8 Å². The first kappa shape index (κ1) is 81.1. The predicted molar refractivity (Wildman–Crippen MR) is 392 cm³/mol. The number of rotatable bonds is 43. The van der Waals surface area contributed by atoms with Crippen LogP contribution in [0.25, 0.3) is 32.7 Å². The van der Waals surface area contributed by atoms with Crippen LogP contribution in [-0.4, -0.2) is 218 Å². The third-order valence-corrected chi connectivity index (χ3v) is 18.5. The van der Waals surface area contributed by atoms with Gasteiger partial charge in [-0.05, 0) is 97.3 Å². The normalized spacial score (nSPS) is 13.7. The van der Waals surface area contributed by atoms with Gasteiger partial charge in [0.1, 0.15) is 47.6 Å². The van der Waals surface area contributed by atoms with Gasteiger partial charge < -0.3 is 95.0 Å². The third-order valence-electron chi connectivity index (χ3n) is 17.4. The smallest absolute Gasteiger partial charge is 0.354 e. The summed E-state index contributed by atoms with van der Waals surface area (Å²) in [5.74, 6) is -4.29. The summed E-state index contributed by atoms with van der Waals surface area (Å²) in [5, 5.41) is 20.1. The molecule has 8 rings (SSSR count). The molecule has 0 saturated carbocycles. The first-order chi connectivity index (χ1) is 50.3. The number of carbonyl (C=O) groups excluding carboxylic acids is 8. The lowest BCUT2D eigenvalue weighted by Gasteiger charge is -2.25. The van der Waals surface area contributed by atoms with E-state index in [4.69, 9.17) is 55.2 Å². The monoisotopic (exact) mass is 1500 g/mol. The lowest BCUT2D eigenvalue weighted by molar-refractivity contribution is -0.132. The van der Waals surface area contributed by atoms with Crippen LogP contribution in [0.4, 0.5) is 16.2 Å². The Labute approximate surface area is 612 Å². The molecule has 4 heterocycles. The van der Waals surface area contributed by atoms with E-state index in [1.54, 1.807) is 75.4 Å². The highest BCUT2D eigenvalue weighted by Crippen LogP contribution is 2.47. The Morgan fingerprint density at radius 2 is 1.40 bits per heavy atom. The van der Waals surface area contributed by atoms with Gasteiger partial charge in [-0.15, -0.1) is 11.6 Å². The van der Waals surface area contributed by atoms with E-state index in [-0.39, 0.29) is 135 Å².